The predicted octanol–water partition coefficient (Wildman–Crippen LogP) is 3.22. The molecule has 1 aliphatic carbocycles. The Morgan fingerprint density at radius 3 is 2.65 bits per heavy atom. The molecule has 3 heteroatoms. The molecule has 1 aromatic rings. The van der Waals surface area contributed by atoms with Crippen molar-refractivity contribution in [3.8, 4) is 5.75 Å². The number of hydroxylamine groups is 1. The first-order valence-corrected chi connectivity index (χ1v) is 6.35. The van der Waals surface area contributed by atoms with E-state index in [4.69, 9.17) is 9.57 Å². The van der Waals surface area contributed by atoms with E-state index in [-0.39, 0.29) is 6.04 Å². The van der Waals surface area contributed by atoms with Crippen LogP contribution in [0.3, 0.4) is 0 Å². The van der Waals surface area contributed by atoms with Gasteiger partial charge in [-0.2, -0.15) is 5.48 Å². The fourth-order valence-electron chi connectivity index (χ4n) is 2.29. The lowest BCUT2D eigenvalue weighted by molar-refractivity contribution is -0.0379. The largest absolute Gasteiger partial charge is 0.496 e. The summed E-state index contributed by atoms with van der Waals surface area (Å²) >= 11 is 0. The van der Waals surface area contributed by atoms with Gasteiger partial charge in [0.25, 0.3) is 0 Å². The van der Waals surface area contributed by atoms with Crippen LogP contribution in [0.15, 0.2) is 24.3 Å². The monoisotopic (exact) mass is 235 g/mol. The number of hydrogen-bond donors (Lipinski definition) is 1. The molecule has 0 spiro atoms. The van der Waals surface area contributed by atoms with E-state index >= 15 is 0 Å². The second kappa shape index (κ2) is 6.03. The van der Waals surface area contributed by atoms with Crippen LogP contribution in [0.4, 0.5) is 0 Å². The molecule has 1 atom stereocenters. The van der Waals surface area contributed by atoms with Crippen LogP contribution in [-0.2, 0) is 4.84 Å². The third-order valence-corrected chi connectivity index (χ3v) is 3.32. The summed E-state index contributed by atoms with van der Waals surface area (Å²) in [7, 11) is 1.70. The van der Waals surface area contributed by atoms with Gasteiger partial charge in [0.05, 0.1) is 19.3 Å². The van der Waals surface area contributed by atoms with Crippen LogP contribution < -0.4 is 10.2 Å². The number of ether oxygens (including phenoxy) is 1. The molecular formula is C14H21NO2. The van der Waals surface area contributed by atoms with Crippen LogP contribution in [0.1, 0.15) is 44.2 Å². The fraction of sp³-hybridized carbons (Fsp3) is 0.571. The maximum atomic E-state index is 5.71. The first-order chi connectivity index (χ1) is 8.31. The highest BCUT2D eigenvalue weighted by atomic mass is 16.7. The second-order valence-electron chi connectivity index (χ2n) is 4.61. The highest BCUT2D eigenvalue weighted by Crippen LogP contribution is 2.26. The molecule has 0 aliphatic heterocycles. The number of hydrogen-bond acceptors (Lipinski definition) is 3. The number of nitrogens with one attached hydrogen (secondary N) is 1. The van der Waals surface area contributed by atoms with Crippen molar-refractivity contribution in [1.82, 2.24) is 5.48 Å². The summed E-state index contributed by atoms with van der Waals surface area (Å²) < 4.78 is 5.34. The highest BCUT2D eigenvalue weighted by Gasteiger charge is 2.18. The summed E-state index contributed by atoms with van der Waals surface area (Å²) in [6.45, 7) is 2.09. The van der Waals surface area contributed by atoms with Gasteiger partial charge in [0.15, 0.2) is 0 Å². The van der Waals surface area contributed by atoms with Crippen LogP contribution in [0, 0.1) is 0 Å². The van der Waals surface area contributed by atoms with Crippen LogP contribution in [0.2, 0.25) is 0 Å². The molecule has 0 saturated heterocycles. The van der Waals surface area contributed by atoms with E-state index in [0.717, 1.165) is 11.3 Å². The number of methoxy groups -OCH3 is 1. The molecule has 1 saturated carbocycles. The minimum Gasteiger partial charge on any atom is -0.496 e. The third-order valence-electron chi connectivity index (χ3n) is 3.32. The zero-order valence-electron chi connectivity index (χ0n) is 10.6. The van der Waals surface area contributed by atoms with E-state index in [9.17, 15) is 0 Å². The average molecular weight is 235 g/mol. The summed E-state index contributed by atoms with van der Waals surface area (Å²) in [6, 6.07) is 8.18. The van der Waals surface area contributed by atoms with Gasteiger partial charge in [0, 0.05) is 5.56 Å². The minimum atomic E-state index is 0.145. The molecule has 0 amide bonds. The van der Waals surface area contributed by atoms with Gasteiger partial charge in [0.1, 0.15) is 5.75 Å². The summed E-state index contributed by atoms with van der Waals surface area (Å²) in [5, 5.41) is 0. The molecule has 1 unspecified atom stereocenters. The SMILES string of the molecule is COc1ccccc1C(C)NOC1CCCC1. The summed E-state index contributed by atoms with van der Waals surface area (Å²) in [5.74, 6) is 0.905. The summed E-state index contributed by atoms with van der Waals surface area (Å²) in [4.78, 5) is 5.71. The molecule has 0 radical (unpaired) electrons. The Balaban J connectivity index is 1.91. The van der Waals surface area contributed by atoms with Crippen molar-refractivity contribution in [3.63, 3.8) is 0 Å². The Morgan fingerprint density at radius 1 is 1.24 bits per heavy atom. The number of para-hydroxylation sites is 1. The second-order valence-corrected chi connectivity index (χ2v) is 4.61. The van der Waals surface area contributed by atoms with Gasteiger partial charge in [-0.25, -0.2) is 0 Å². The third kappa shape index (κ3) is 3.20. The Labute approximate surface area is 103 Å². The number of rotatable bonds is 5. The molecule has 0 aromatic heterocycles. The van der Waals surface area contributed by atoms with Crippen molar-refractivity contribution >= 4 is 0 Å². The van der Waals surface area contributed by atoms with E-state index in [2.05, 4.69) is 18.5 Å². The maximum absolute atomic E-state index is 5.71. The van der Waals surface area contributed by atoms with Crippen LogP contribution in [0.5, 0.6) is 5.75 Å². The molecule has 1 aliphatic rings. The van der Waals surface area contributed by atoms with Crippen molar-refractivity contribution in [1.29, 1.82) is 0 Å². The molecule has 1 aromatic carbocycles. The van der Waals surface area contributed by atoms with Gasteiger partial charge < -0.3 is 4.74 Å². The average Bonchev–Trinajstić information content (AvgIpc) is 2.89. The van der Waals surface area contributed by atoms with Crippen molar-refractivity contribution in [2.75, 3.05) is 7.11 Å². The molecular weight excluding hydrogens is 214 g/mol. The standard InChI is InChI=1S/C14H21NO2/c1-11(15-17-12-7-3-4-8-12)13-9-5-6-10-14(13)16-2/h5-6,9-12,15H,3-4,7-8H2,1-2H3. The lowest BCUT2D eigenvalue weighted by atomic mass is 10.1. The lowest BCUT2D eigenvalue weighted by Gasteiger charge is -2.19. The smallest absolute Gasteiger partial charge is 0.123 e. The van der Waals surface area contributed by atoms with Gasteiger partial charge in [0.2, 0.25) is 0 Å². The molecule has 2 rings (SSSR count). The molecule has 3 nitrogen and oxygen atoms in total. The van der Waals surface area contributed by atoms with Gasteiger partial charge in [-0.1, -0.05) is 31.0 Å². The van der Waals surface area contributed by atoms with E-state index < -0.39 is 0 Å². The van der Waals surface area contributed by atoms with Crippen LogP contribution in [0.25, 0.3) is 0 Å². The minimum absolute atomic E-state index is 0.145. The van der Waals surface area contributed by atoms with Gasteiger partial charge >= 0.3 is 0 Å². The van der Waals surface area contributed by atoms with Crippen LogP contribution in [-0.4, -0.2) is 13.2 Å². The Morgan fingerprint density at radius 2 is 1.94 bits per heavy atom. The number of benzene rings is 1. The molecule has 1 fully saturated rings. The molecule has 17 heavy (non-hydrogen) atoms. The molecule has 0 bridgehead atoms. The van der Waals surface area contributed by atoms with E-state index in [1.54, 1.807) is 7.11 Å². The molecule has 0 heterocycles. The van der Waals surface area contributed by atoms with Gasteiger partial charge in [-0.15, -0.1) is 0 Å². The zero-order chi connectivity index (χ0) is 12.1. The first-order valence-electron chi connectivity index (χ1n) is 6.35. The lowest BCUT2D eigenvalue weighted by Crippen LogP contribution is -2.25. The molecule has 1 N–H and O–H groups in total. The maximum Gasteiger partial charge on any atom is 0.123 e. The van der Waals surface area contributed by atoms with Gasteiger partial charge in [-0.05, 0) is 25.8 Å². The van der Waals surface area contributed by atoms with Crippen molar-refractivity contribution in [2.24, 2.45) is 0 Å². The van der Waals surface area contributed by atoms with E-state index in [0.29, 0.717) is 6.10 Å². The predicted molar refractivity (Wildman–Crippen MR) is 67.9 cm³/mol. The Kier molecular flexibility index (Phi) is 4.40. The molecule has 94 valence electrons. The van der Waals surface area contributed by atoms with E-state index in [1.807, 2.05) is 18.2 Å². The Hall–Kier alpha value is -1.06. The van der Waals surface area contributed by atoms with Crippen LogP contribution >= 0.6 is 0 Å². The fourth-order valence-corrected chi connectivity index (χ4v) is 2.29. The zero-order valence-corrected chi connectivity index (χ0v) is 10.6. The summed E-state index contributed by atoms with van der Waals surface area (Å²) in [6.07, 6.45) is 5.30. The topological polar surface area (TPSA) is 30.5 Å². The first kappa shape index (κ1) is 12.4. The van der Waals surface area contributed by atoms with E-state index in [1.165, 1.54) is 25.7 Å². The van der Waals surface area contributed by atoms with Crippen molar-refractivity contribution in [3.05, 3.63) is 29.8 Å². The van der Waals surface area contributed by atoms with Crippen molar-refractivity contribution in [2.45, 2.75) is 44.8 Å². The quantitative estimate of drug-likeness (QED) is 0.795. The van der Waals surface area contributed by atoms with Gasteiger partial charge in [-0.3, -0.25) is 4.84 Å². The summed E-state index contributed by atoms with van der Waals surface area (Å²) in [5.41, 5.74) is 4.27. The van der Waals surface area contributed by atoms with Crippen molar-refractivity contribution < 1.29 is 9.57 Å². The normalized spacial score (nSPS) is 18.2. The highest BCUT2D eigenvalue weighted by molar-refractivity contribution is 5.35. The Bertz CT molecular complexity index is 348.